The fourth-order valence-electron chi connectivity index (χ4n) is 5.39. The van der Waals surface area contributed by atoms with Crippen LogP contribution >= 0.6 is 0 Å². The first-order valence-corrected chi connectivity index (χ1v) is 14.5. The summed E-state index contributed by atoms with van der Waals surface area (Å²) in [6.45, 7) is 9.24. The number of piperazine rings is 1. The summed E-state index contributed by atoms with van der Waals surface area (Å²) in [5.41, 5.74) is 4.01. The number of nitrogens with zero attached hydrogens (tertiary/aromatic N) is 6. The maximum absolute atomic E-state index is 13.5. The molecule has 2 aliphatic rings. The van der Waals surface area contributed by atoms with Gasteiger partial charge < -0.3 is 24.4 Å². The van der Waals surface area contributed by atoms with Crippen LogP contribution in [0.1, 0.15) is 11.1 Å². The van der Waals surface area contributed by atoms with Crippen molar-refractivity contribution in [3.8, 4) is 11.5 Å². The molecule has 0 spiro atoms. The number of nitrogens with one attached hydrogen (secondary N) is 1. The predicted octanol–water partition coefficient (Wildman–Crippen LogP) is 3.88. The first-order chi connectivity index (χ1) is 21.3. The highest BCUT2D eigenvalue weighted by Gasteiger charge is 2.31. The van der Waals surface area contributed by atoms with Gasteiger partial charge in [0.25, 0.3) is 0 Å². The molecule has 12 heteroatoms. The van der Waals surface area contributed by atoms with Crippen LogP contribution in [0.3, 0.4) is 0 Å². The average molecular weight is 602 g/mol. The lowest BCUT2D eigenvalue weighted by Crippen LogP contribution is -2.47. The Hall–Kier alpha value is -4.68. The Kier molecular flexibility index (Phi) is 9.61. The molecule has 0 atom stereocenters. The van der Waals surface area contributed by atoms with Gasteiger partial charge in [0, 0.05) is 94.6 Å². The third-order valence-electron chi connectivity index (χ3n) is 7.93. The molecule has 2 aliphatic heterocycles. The highest BCUT2D eigenvalue weighted by Crippen LogP contribution is 2.35. The molecule has 5 rings (SSSR count). The lowest BCUT2D eigenvalue weighted by molar-refractivity contribution is -0.114. The summed E-state index contributed by atoms with van der Waals surface area (Å²) in [6.07, 6.45) is 3.24. The van der Waals surface area contributed by atoms with Gasteiger partial charge in [-0.3, -0.25) is 19.5 Å². The van der Waals surface area contributed by atoms with E-state index in [1.54, 1.807) is 57.7 Å². The zero-order valence-electron chi connectivity index (χ0n) is 25.7. The molecule has 44 heavy (non-hydrogen) atoms. The molecule has 0 saturated carbocycles. The van der Waals surface area contributed by atoms with E-state index in [2.05, 4.69) is 26.7 Å². The van der Waals surface area contributed by atoms with Crippen molar-refractivity contribution >= 4 is 40.6 Å². The van der Waals surface area contributed by atoms with Gasteiger partial charge in [-0.1, -0.05) is 6.58 Å². The van der Waals surface area contributed by atoms with E-state index in [0.717, 1.165) is 61.8 Å². The van der Waals surface area contributed by atoms with Gasteiger partial charge in [-0.25, -0.2) is 9.78 Å². The van der Waals surface area contributed by atoms with E-state index >= 15 is 0 Å². The number of carbonyl (C=O) groups excluding carboxylic acids is 2. The number of methoxy groups -OCH3 is 3. The number of amides is 2. The summed E-state index contributed by atoms with van der Waals surface area (Å²) >= 11 is 0. The molecule has 1 N–H and O–H groups in total. The van der Waals surface area contributed by atoms with Crippen molar-refractivity contribution in [2.75, 3.05) is 87.7 Å². The zero-order valence-corrected chi connectivity index (χ0v) is 25.7. The Morgan fingerprint density at radius 3 is 2.41 bits per heavy atom. The zero-order chi connectivity index (χ0) is 31.2. The summed E-state index contributed by atoms with van der Waals surface area (Å²) in [5.74, 6) is 1.91. The lowest BCUT2D eigenvalue weighted by atomic mass is 10.0. The number of anilines is 5. The minimum absolute atomic E-state index is 0.0828. The molecule has 3 heterocycles. The molecular weight excluding hydrogens is 562 g/mol. The summed E-state index contributed by atoms with van der Waals surface area (Å²) in [4.78, 5) is 43.0. The highest BCUT2D eigenvalue weighted by molar-refractivity contribution is 6.05. The number of rotatable bonds is 12. The van der Waals surface area contributed by atoms with Gasteiger partial charge in [0.1, 0.15) is 17.3 Å². The second kappa shape index (κ2) is 13.7. The molecule has 0 radical (unpaired) electrons. The van der Waals surface area contributed by atoms with Crippen LogP contribution in [-0.4, -0.2) is 94.4 Å². The number of urea groups is 1. The first kappa shape index (κ1) is 30.8. The molecule has 0 unspecified atom stereocenters. The van der Waals surface area contributed by atoms with Crippen molar-refractivity contribution in [1.29, 1.82) is 0 Å². The largest absolute Gasteiger partial charge is 0.497 e. The number of aromatic nitrogens is 2. The summed E-state index contributed by atoms with van der Waals surface area (Å²) in [5, 5.41) is 3.29. The van der Waals surface area contributed by atoms with E-state index in [9.17, 15) is 9.59 Å². The van der Waals surface area contributed by atoms with Gasteiger partial charge in [-0.15, -0.1) is 0 Å². The summed E-state index contributed by atoms with van der Waals surface area (Å²) in [7, 11) is 6.54. The number of hydrogen-bond acceptors (Lipinski definition) is 10. The van der Waals surface area contributed by atoms with Crippen molar-refractivity contribution in [1.82, 2.24) is 14.9 Å². The number of ether oxygens (including phenoxy) is 3. The monoisotopic (exact) mass is 601 g/mol. The van der Waals surface area contributed by atoms with Crippen LogP contribution in [0.15, 0.2) is 55.3 Å². The van der Waals surface area contributed by atoms with Gasteiger partial charge in [0.2, 0.25) is 5.95 Å². The second-order valence-electron chi connectivity index (χ2n) is 10.7. The number of fused-ring (bicyclic) bond motifs is 1. The SMILES string of the molecule is C=CC(=O)Cc1cc(N2CCN(CCOC)CC2)ccc1Nc1ncc2c(n1)N(C)C(=O)N(c1cc(OC)cc(OC)c1)C2. The maximum Gasteiger partial charge on any atom is 0.330 e. The van der Waals surface area contributed by atoms with Crippen LogP contribution in [0.25, 0.3) is 0 Å². The van der Waals surface area contributed by atoms with Gasteiger partial charge in [0.05, 0.1) is 33.1 Å². The van der Waals surface area contributed by atoms with Crippen molar-refractivity contribution < 1.29 is 23.8 Å². The fourth-order valence-corrected chi connectivity index (χ4v) is 5.39. The van der Waals surface area contributed by atoms with Crippen LogP contribution in [0.2, 0.25) is 0 Å². The van der Waals surface area contributed by atoms with Crippen molar-refractivity contribution in [2.45, 2.75) is 13.0 Å². The third-order valence-corrected chi connectivity index (χ3v) is 7.93. The second-order valence-corrected chi connectivity index (χ2v) is 10.7. The summed E-state index contributed by atoms with van der Waals surface area (Å²) < 4.78 is 16.0. The maximum atomic E-state index is 13.5. The third kappa shape index (κ3) is 6.76. The highest BCUT2D eigenvalue weighted by atomic mass is 16.5. The Morgan fingerprint density at radius 2 is 1.75 bits per heavy atom. The quantitative estimate of drug-likeness (QED) is 0.307. The van der Waals surface area contributed by atoms with E-state index in [4.69, 9.17) is 19.2 Å². The van der Waals surface area contributed by atoms with Gasteiger partial charge >= 0.3 is 6.03 Å². The van der Waals surface area contributed by atoms with Gasteiger partial charge in [0.15, 0.2) is 5.78 Å². The van der Waals surface area contributed by atoms with E-state index in [-0.39, 0.29) is 24.8 Å². The first-order valence-electron chi connectivity index (χ1n) is 14.5. The minimum Gasteiger partial charge on any atom is -0.497 e. The topological polar surface area (TPSA) is 113 Å². The van der Waals surface area contributed by atoms with Crippen LogP contribution in [0.4, 0.5) is 33.6 Å². The van der Waals surface area contributed by atoms with Crippen molar-refractivity contribution in [2.24, 2.45) is 0 Å². The Labute approximate surface area is 257 Å². The standard InChI is InChI=1S/C32H39N7O5/c1-6-26(40)16-22-15-24(38-11-9-37(10-12-38)13-14-42-3)7-8-29(22)34-31-33-20-23-21-39(32(41)36(2)30(23)35-31)25-17-27(43-4)19-28(18-25)44-5/h6-8,15,17-20H,1,9-14,16,21H2,2-5H3,(H,33,34,35). The Bertz CT molecular complexity index is 1500. The van der Waals surface area contributed by atoms with E-state index in [1.807, 2.05) is 18.2 Å². The predicted molar refractivity (Wildman–Crippen MR) is 171 cm³/mol. The molecule has 2 amide bonds. The van der Waals surface area contributed by atoms with Crippen LogP contribution < -0.4 is 29.5 Å². The van der Waals surface area contributed by atoms with E-state index in [1.165, 1.54) is 11.0 Å². The molecule has 0 aliphatic carbocycles. The van der Waals surface area contributed by atoms with E-state index in [0.29, 0.717) is 29.0 Å². The summed E-state index contributed by atoms with van der Waals surface area (Å²) in [6, 6.07) is 11.1. The smallest absolute Gasteiger partial charge is 0.330 e. The van der Waals surface area contributed by atoms with Crippen LogP contribution in [-0.2, 0) is 22.5 Å². The molecule has 2 aromatic carbocycles. The molecule has 1 aromatic heterocycles. The number of carbonyl (C=O) groups is 2. The molecule has 0 bridgehead atoms. The normalized spacial score (nSPS) is 15.2. The Morgan fingerprint density at radius 1 is 1.02 bits per heavy atom. The molecule has 3 aromatic rings. The molecule has 1 saturated heterocycles. The molecule has 1 fully saturated rings. The van der Waals surface area contributed by atoms with Crippen molar-refractivity contribution in [3.05, 3.63) is 66.4 Å². The molecule has 232 valence electrons. The number of benzene rings is 2. The van der Waals surface area contributed by atoms with Crippen LogP contribution in [0, 0.1) is 0 Å². The Balaban J connectivity index is 1.36. The van der Waals surface area contributed by atoms with E-state index < -0.39 is 0 Å². The number of hydrogen-bond donors (Lipinski definition) is 1. The number of ketones is 1. The van der Waals surface area contributed by atoms with Crippen molar-refractivity contribution in [3.63, 3.8) is 0 Å². The van der Waals surface area contributed by atoms with Crippen LogP contribution in [0.5, 0.6) is 11.5 Å². The average Bonchev–Trinajstić information content (AvgIpc) is 3.06. The van der Waals surface area contributed by atoms with Gasteiger partial charge in [-0.05, 0) is 29.8 Å². The lowest BCUT2D eigenvalue weighted by Gasteiger charge is -2.36. The van der Waals surface area contributed by atoms with Gasteiger partial charge in [-0.2, -0.15) is 4.98 Å². The molecule has 12 nitrogen and oxygen atoms in total. The number of allylic oxidation sites excluding steroid dienone is 1. The minimum atomic E-state index is -0.249. The molecular formula is C32H39N7O5. The fraction of sp³-hybridized carbons (Fsp3) is 0.375.